The van der Waals surface area contributed by atoms with E-state index in [-0.39, 0.29) is 11.8 Å². The van der Waals surface area contributed by atoms with Crippen molar-refractivity contribution in [3.63, 3.8) is 0 Å². The zero-order valence-corrected chi connectivity index (χ0v) is 13.6. The zero-order chi connectivity index (χ0) is 14.4. The molecule has 2 atom stereocenters. The average molecular weight is 320 g/mol. The van der Waals surface area contributed by atoms with Crippen LogP contribution in [-0.4, -0.2) is 28.4 Å². The van der Waals surface area contributed by atoms with Gasteiger partial charge in [-0.1, -0.05) is 18.5 Å². The van der Waals surface area contributed by atoms with Gasteiger partial charge in [0, 0.05) is 45.2 Å². The molecule has 2 unspecified atom stereocenters. The topological polar surface area (TPSA) is 46.2 Å². The van der Waals surface area contributed by atoms with E-state index in [0.29, 0.717) is 16.5 Å². The standard InChI is InChI=1S/C13H18ClNO2S2/c1-9(7-18-2)13(16)15-11-4-5-12(14)10(6-11)8-19(3)17/h4-6,9H,7-8H2,1-3H3,(H,15,16). The summed E-state index contributed by atoms with van der Waals surface area (Å²) in [6, 6.07) is 5.26. The molecule has 0 bridgehead atoms. The lowest BCUT2D eigenvalue weighted by atomic mass is 10.2. The molecule has 1 aromatic rings. The molecule has 106 valence electrons. The van der Waals surface area contributed by atoms with Crippen LogP contribution in [0.25, 0.3) is 0 Å². The van der Waals surface area contributed by atoms with E-state index in [1.807, 2.05) is 13.2 Å². The highest BCUT2D eigenvalue weighted by Gasteiger charge is 2.13. The van der Waals surface area contributed by atoms with Gasteiger partial charge in [0.05, 0.1) is 0 Å². The first-order valence-electron chi connectivity index (χ1n) is 5.82. The first-order chi connectivity index (χ1) is 8.93. The Morgan fingerprint density at radius 2 is 2.21 bits per heavy atom. The number of carbonyl (C=O) groups is 1. The van der Waals surface area contributed by atoms with Crippen molar-refractivity contribution in [3.8, 4) is 0 Å². The quantitative estimate of drug-likeness (QED) is 0.876. The highest BCUT2D eigenvalue weighted by atomic mass is 35.5. The van der Waals surface area contributed by atoms with Gasteiger partial charge in [-0.25, -0.2) is 0 Å². The number of thioether (sulfide) groups is 1. The van der Waals surface area contributed by atoms with Crippen molar-refractivity contribution in [1.29, 1.82) is 0 Å². The zero-order valence-electron chi connectivity index (χ0n) is 11.2. The van der Waals surface area contributed by atoms with Crippen LogP contribution in [0.4, 0.5) is 5.69 Å². The Labute approximate surface area is 125 Å². The minimum atomic E-state index is -0.960. The Morgan fingerprint density at radius 3 is 2.79 bits per heavy atom. The van der Waals surface area contributed by atoms with Crippen LogP contribution in [0.5, 0.6) is 0 Å². The second-order valence-electron chi connectivity index (χ2n) is 4.37. The third-order valence-corrected chi connectivity index (χ3v) is 4.46. The minimum absolute atomic E-state index is 0.0137. The molecule has 19 heavy (non-hydrogen) atoms. The molecular weight excluding hydrogens is 302 g/mol. The van der Waals surface area contributed by atoms with Crippen LogP contribution in [0.3, 0.4) is 0 Å². The Bertz CT molecular complexity index is 480. The fourth-order valence-electron chi connectivity index (χ4n) is 1.57. The van der Waals surface area contributed by atoms with Gasteiger partial charge < -0.3 is 5.32 Å². The van der Waals surface area contributed by atoms with E-state index in [1.165, 1.54) is 0 Å². The summed E-state index contributed by atoms with van der Waals surface area (Å²) in [7, 11) is -0.960. The summed E-state index contributed by atoms with van der Waals surface area (Å²) in [5.74, 6) is 1.11. The summed E-state index contributed by atoms with van der Waals surface area (Å²) >= 11 is 7.68. The lowest BCUT2D eigenvalue weighted by molar-refractivity contribution is -0.118. The van der Waals surface area contributed by atoms with Crippen LogP contribution in [-0.2, 0) is 21.3 Å². The Kier molecular flexibility index (Phi) is 6.89. The number of rotatable bonds is 6. The van der Waals surface area contributed by atoms with Crippen molar-refractivity contribution in [3.05, 3.63) is 28.8 Å². The van der Waals surface area contributed by atoms with Crippen molar-refractivity contribution in [2.75, 3.05) is 23.6 Å². The Balaban J connectivity index is 2.79. The van der Waals surface area contributed by atoms with Crippen LogP contribution in [0, 0.1) is 5.92 Å². The van der Waals surface area contributed by atoms with E-state index < -0.39 is 10.8 Å². The molecular formula is C13H18ClNO2S2. The van der Waals surface area contributed by atoms with Gasteiger partial charge in [-0.2, -0.15) is 11.8 Å². The molecule has 0 aromatic heterocycles. The third kappa shape index (κ3) is 5.55. The van der Waals surface area contributed by atoms with Gasteiger partial charge in [0.2, 0.25) is 5.91 Å². The highest BCUT2D eigenvalue weighted by molar-refractivity contribution is 7.98. The number of amides is 1. The van der Waals surface area contributed by atoms with E-state index in [9.17, 15) is 9.00 Å². The van der Waals surface area contributed by atoms with Crippen molar-refractivity contribution < 1.29 is 9.00 Å². The molecule has 0 aliphatic heterocycles. The third-order valence-electron chi connectivity index (χ3n) is 2.54. The summed E-state index contributed by atoms with van der Waals surface area (Å²) in [6.45, 7) is 1.89. The molecule has 0 saturated carbocycles. The van der Waals surface area contributed by atoms with Crippen LogP contribution in [0.2, 0.25) is 5.02 Å². The summed E-state index contributed by atoms with van der Waals surface area (Å²) in [4.78, 5) is 11.9. The predicted octanol–water partition coefficient (Wildman–Crippen LogP) is 3.16. The molecule has 0 radical (unpaired) electrons. The van der Waals surface area contributed by atoms with E-state index in [1.54, 1.807) is 36.2 Å². The number of nitrogens with one attached hydrogen (secondary N) is 1. The van der Waals surface area contributed by atoms with Gasteiger partial charge >= 0.3 is 0 Å². The SMILES string of the molecule is CSCC(C)C(=O)Nc1ccc(Cl)c(CS(C)=O)c1. The maximum Gasteiger partial charge on any atom is 0.228 e. The number of hydrogen-bond donors (Lipinski definition) is 1. The maximum absolute atomic E-state index is 11.9. The first kappa shape index (κ1) is 16.5. The Morgan fingerprint density at radius 1 is 1.53 bits per heavy atom. The Hall–Kier alpha value is -0.520. The van der Waals surface area contributed by atoms with Crippen LogP contribution in [0.15, 0.2) is 18.2 Å². The van der Waals surface area contributed by atoms with Gasteiger partial charge in [-0.15, -0.1) is 0 Å². The average Bonchev–Trinajstić information content (AvgIpc) is 2.33. The molecule has 6 heteroatoms. The van der Waals surface area contributed by atoms with Gasteiger partial charge in [-0.05, 0) is 30.0 Å². The van der Waals surface area contributed by atoms with E-state index in [0.717, 1.165) is 11.3 Å². The molecule has 1 N–H and O–H groups in total. The van der Waals surface area contributed by atoms with Crippen molar-refractivity contribution in [2.45, 2.75) is 12.7 Å². The van der Waals surface area contributed by atoms with Gasteiger partial charge in [0.25, 0.3) is 0 Å². The van der Waals surface area contributed by atoms with Crippen LogP contribution < -0.4 is 5.32 Å². The molecule has 1 aromatic carbocycles. The lowest BCUT2D eigenvalue weighted by Gasteiger charge is -2.12. The molecule has 0 fully saturated rings. The van der Waals surface area contributed by atoms with E-state index in [2.05, 4.69) is 5.32 Å². The molecule has 0 aliphatic carbocycles. The predicted molar refractivity (Wildman–Crippen MR) is 85.4 cm³/mol. The van der Waals surface area contributed by atoms with Crippen LogP contribution in [0.1, 0.15) is 12.5 Å². The molecule has 0 aliphatic rings. The number of benzene rings is 1. The molecule has 3 nitrogen and oxygen atoms in total. The highest BCUT2D eigenvalue weighted by Crippen LogP contribution is 2.22. The number of halogens is 1. The van der Waals surface area contributed by atoms with Gasteiger partial charge in [0.1, 0.15) is 0 Å². The van der Waals surface area contributed by atoms with Gasteiger partial charge in [-0.3, -0.25) is 9.00 Å². The summed E-state index contributed by atoms with van der Waals surface area (Å²) in [5, 5.41) is 3.43. The van der Waals surface area contributed by atoms with E-state index in [4.69, 9.17) is 11.6 Å². The molecule has 0 heterocycles. The van der Waals surface area contributed by atoms with Gasteiger partial charge in [0.15, 0.2) is 0 Å². The second kappa shape index (κ2) is 7.92. The largest absolute Gasteiger partial charge is 0.326 e. The van der Waals surface area contributed by atoms with Crippen LogP contribution >= 0.6 is 23.4 Å². The molecule has 1 rings (SSSR count). The second-order valence-corrected chi connectivity index (χ2v) is 7.12. The van der Waals surface area contributed by atoms with Crippen molar-refractivity contribution >= 4 is 45.8 Å². The molecule has 1 amide bonds. The maximum atomic E-state index is 11.9. The number of hydrogen-bond acceptors (Lipinski definition) is 3. The van der Waals surface area contributed by atoms with Crippen molar-refractivity contribution in [2.24, 2.45) is 5.92 Å². The summed E-state index contributed by atoms with van der Waals surface area (Å²) < 4.78 is 11.3. The lowest BCUT2D eigenvalue weighted by Crippen LogP contribution is -2.22. The molecule has 0 spiro atoms. The summed E-state index contributed by atoms with van der Waals surface area (Å²) in [6.07, 6.45) is 3.60. The van der Waals surface area contributed by atoms with E-state index >= 15 is 0 Å². The first-order valence-corrected chi connectivity index (χ1v) is 9.32. The number of anilines is 1. The smallest absolute Gasteiger partial charge is 0.228 e. The fraction of sp³-hybridized carbons (Fsp3) is 0.462. The molecule has 0 saturated heterocycles. The normalized spacial score (nSPS) is 13.9. The summed E-state index contributed by atoms with van der Waals surface area (Å²) in [5.41, 5.74) is 1.49. The number of carbonyl (C=O) groups excluding carboxylic acids is 1. The van der Waals surface area contributed by atoms with Crippen molar-refractivity contribution in [1.82, 2.24) is 0 Å². The fourth-order valence-corrected chi connectivity index (χ4v) is 3.17. The monoisotopic (exact) mass is 319 g/mol. The minimum Gasteiger partial charge on any atom is -0.326 e.